The Morgan fingerprint density at radius 2 is 2.00 bits per heavy atom. The van der Waals surface area contributed by atoms with Crippen LogP contribution in [0, 0.1) is 0 Å². The maximum Gasteiger partial charge on any atom is 0.191 e. The van der Waals surface area contributed by atoms with E-state index in [4.69, 9.17) is 14.0 Å². The van der Waals surface area contributed by atoms with Gasteiger partial charge in [0.2, 0.25) is 0 Å². The van der Waals surface area contributed by atoms with Crippen LogP contribution in [-0.2, 0) is 13.0 Å². The molecule has 142 valence electrons. The van der Waals surface area contributed by atoms with Crippen molar-refractivity contribution in [1.82, 2.24) is 15.8 Å². The van der Waals surface area contributed by atoms with Gasteiger partial charge in [-0.05, 0) is 36.1 Å². The maximum absolute atomic E-state index is 5.41. The van der Waals surface area contributed by atoms with Gasteiger partial charge >= 0.3 is 0 Å². The molecule has 0 saturated heterocycles. The van der Waals surface area contributed by atoms with Crippen molar-refractivity contribution in [3.05, 3.63) is 41.3 Å². The Kier molecular flexibility index (Phi) is 7.32. The largest absolute Gasteiger partial charge is 0.497 e. The third-order valence-corrected chi connectivity index (χ3v) is 4.00. The van der Waals surface area contributed by atoms with Crippen LogP contribution in [0.25, 0.3) is 0 Å². The lowest BCUT2D eigenvalue weighted by molar-refractivity contribution is 0.372. The number of benzene rings is 1. The zero-order valence-corrected chi connectivity index (χ0v) is 16.1. The molecule has 7 nitrogen and oxygen atoms in total. The SMILES string of the molecule is CN=C(NCCc1cc(OC)ccc1OC)NCc1cc(C(C)C)no1. The second-order valence-corrected chi connectivity index (χ2v) is 6.15. The molecule has 1 aromatic heterocycles. The highest BCUT2D eigenvalue weighted by atomic mass is 16.5. The smallest absolute Gasteiger partial charge is 0.191 e. The molecule has 2 N–H and O–H groups in total. The number of nitrogens with one attached hydrogen (secondary N) is 2. The number of hydrogen-bond acceptors (Lipinski definition) is 5. The van der Waals surface area contributed by atoms with E-state index >= 15 is 0 Å². The summed E-state index contributed by atoms with van der Waals surface area (Å²) in [5.74, 6) is 3.50. The fourth-order valence-corrected chi connectivity index (χ4v) is 2.47. The van der Waals surface area contributed by atoms with Gasteiger partial charge in [0.05, 0.1) is 26.5 Å². The van der Waals surface area contributed by atoms with Gasteiger partial charge in [0.1, 0.15) is 11.5 Å². The van der Waals surface area contributed by atoms with Gasteiger partial charge < -0.3 is 24.6 Å². The summed E-state index contributed by atoms with van der Waals surface area (Å²) in [7, 11) is 5.06. The van der Waals surface area contributed by atoms with Gasteiger partial charge in [-0.25, -0.2) is 0 Å². The van der Waals surface area contributed by atoms with E-state index in [0.29, 0.717) is 25.0 Å². The summed E-state index contributed by atoms with van der Waals surface area (Å²) in [4.78, 5) is 4.23. The zero-order valence-electron chi connectivity index (χ0n) is 16.1. The molecule has 0 bridgehead atoms. The van der Waals surface area contributed by atoms with Crippen LogP contribution in [0.15, 0.2) is 33.8 Å². The molecule has 2 rings (SSSR count). The summed E-state index contributed by atoms with van der Waals surface area (Å²) in [6, 6.07) is 7.75. The molecule has 0 aliphatic carbocycles. The minimum Gasteiger partial charge on any atom is -0.497 e. The fourth-order valence-electron chi connectivity index (χ4n) is 2.47. The molecule has 0 atom stereocenters. The van der Waals surface area contributed by atoms with E-state index in [2.05, 4.69) is 34.6 Å². The van der Waals surface area contributed by atoms with E-state index < -0.39 is 0 Å². The van der Waals surface area contributed by atoms with Gasteiger partial charge in [0.25, 0.3) is 0 Å². The van der Waals surface area contributed by atoms with Crippen LogP contribution in [0.4, 0.5) is 0 Å². The van der Waals surface area contributed by atoms with Crippen molar-refractivity contribution in [2.45, 2.75) is 32.7 Å². The third kappa shape index (κ3) is 5.40. The Hall–Kier alpha value is -2.70. The van der Waals surface area contributed by atoms with Gasteiger partial charge in [0, 0.05) is 19.7 Å². The van der Waals surface area contributed by atoms with E-state index in [1.807, 2.05) is 24.3 Å². The van der Waals surface area contributed by atoms with E-state index in [9.17, 15) is 0 Å². The molecule has 1 heterocycles. The van der Waals surface area contributed by atoms with E-state index in [1.165, 1.54) is 0 Å². The lowest BCUT2D eigenvalue weighted by atomic mass is 10.1. The van der Waals surface area contributed by atoms with Crippen molar-refractivity contribution in [3.8, 4) is 11.5 Å². The lowest BCUT2D eigenvalue weighted by Crippen LogP contribution is -2.37. The molecule has 0 saturated carbocycles. The highest BCUT2D eigenvalue weighted by Gasteiger charge is 2.09. The molecule has 0 spiro atoms. The lowest BCUT2D eigenvalue weighted by Gasteiger charge is -2.13. The first kappa shape index (κ1) is 19.6. The van der Waals surface area contributed by atoms with Gasteiger partial charge in [0.15, 0.2) is 11.7 Å². The normalized spacial score (nSPS) is 11.5. The molecule has 0 radical (unpaired) electrons. The minimum atomic E-state index is 0.350. The Balaban J connectivity index is 1.85. The molecular formula is C19H28N4O3. The standard InChI is InChI=1S/C19H28N4O3/c1-13(2)17-11-16(26-23-17)12-22-19(20-3)21-9-8-14-10-15(24-4)6-7-18(14)25-5/h6-7,10-11,13H,8-9,12H2,1-5H3,(H2,20,21,22). The summed E-state index contributed by atoms with van der Waals surface area (Å²) in [5.41, 5.74) is 2.03. The Morgan fingerprint density at radius 3 is 2.62 bits per heavy atom. The topological polar surface area (TPSA) is 80.9 Å². The number of rotatable bonds is 8. The third-order valence-electron chi connectivity index (χ3n) is 4.00. The first-order valence-electron chi connectivity index (χ1n) is 8.68. The van der Waals surface area contributed by atoms with E-state index in [0.717, 1.165) is 34.9 Å². The second kappa shape index (κ2) is 9.70. The van der Waals surface area contributed by atoms with Gasteiger partial charge in [-0.15, -0.1) is 0 Å². The molecule has 1 aromatic carbocycles. The van der Waals surface area contributed by atoms with Crippen molar-refractivity contribution >= 4 is 5.96 Å². The fraction of sp³-hybridized carbons (Fsp3) is 0.474. The minimum absolute atomic E-state index is 0.350. The first-order valence-corrected chi connectivity index (χ1v) is 8.68. The Bertz CT molecular complexity index is 725. The molecule has 2 aromatic rings. The molecule has 0 fully saturated rings. The number of nitrogens with zero attached hydrogens (tertiary/aromatic N) is 2. The van der Waals surface area contributed by atoms with Crippen molar-refractivity contribution in [2.75, 3.05) is 27.8 Å². The second-order valence-electron chi connectivity index (χ2n) is 6.15. The Morgan fingerprint density at radius 1 is 1.19 bits per heavy atom. The van der Waals surface area contributed by atoms with Gasteiger partial charge in [-0.3, -0.25) is 4.99 Å². The number of guanidine groups is 1. The molecule has 0 aliphatic rings. The highest BCUT2D eigenvalue weighted by molar-refractivity contribution is 5.79. The summed E-state index contributed by atoms with van der Waals surface area (Å²) in [5, 5.41) is 10.6. The number of hydrogen-bond donors (Lipinski definition) is 2. The predicted octanol–water partition coefficient (Wildman–Crippen LogP) is 2.72. The molecule has 0 unspecified atom stereocenters. The first-order chi connectivity index (χ1) is 12.6. The summed E-state index contributed by atoms with van der Waals surface area (Å²) in [6.45, 7) is 5.41. The van der Waals surface area contributed by atoms with Crippen molar-refractivity contribution in [3.63, 3.8) is 0 Å². The van der Waals surface area contributed by atoms with Gasteiger partial charge in [-0.2, -0.15) is 0 Å². The van der Waals surface area contributed by atoms with Crippen LogP contribution in [0.5, 0.6) is 11.5 Å². The highest BCUT2D eigenvalue weighted by Crippen LogP contribution is 2.24. The van der Waals surface area contributed by atoms with Crippen molar-refractivity contribution in [1.29, 1.82) is 0 Å². The summed E-state index contributed by atoms with van der Waals surface area (Å²) >= 11 is 0. The van der Waals surface area contributed by atoms with Crippen LogP contribution >= 0.6 is 0 Å². The van der Waals surface area contributed by atoms with Crippen LogP contribution in [0.2, 0.25) is 0 Å². The number of methoxy groups -OCH3 is 2. The molecule has 7 heteroatoms. The van der Waals surface area contributed by atoms with Crippen LogP contribution in [0.3, 0.4) is 0 Å². The van der Waals surface area contributed by atoms with Crippen molar-refractivity contribution in [2.24, 2.45) is 4.99 Å². The van der Waals surface area contributed by atoms with Crippen molar-refractivity contribution < 1.29 is 14.0 Å². The molecular weight excluding hydrogens is 332 g/mol. The number of ether oxygens (including phenoxy) is 2. The van der Waals surface area contributed by atoms with E-state index in [-0.39, 0.29) is 0 Å². The number of aromatic nitrogens is 1. The monoisotopic (exact) mass is 360 g/mol. The summed E-state index contributed by atoms with van der Waals surface area (Å²) < 4.78 is 16.0. The number of aliphatic imine (C=N–C) groups is 1. The van der Waals surface area contributed by atoms with Gasteiger partial charge in [-0.1, -0.05) is 19.0 Å². The predicted molar refractivity (Wildman–Crippen MR) is 102 cm³/mol. The average molecular weight is 360 g/mol. The molecule has 26 heavy (non-hydrogen) atoms. The molecule has 0 amide bonds. The van der Waals surface area contributed by atoms with Crippen LogP contribution < -0.4 is 20.1 Å². The van der Waals surface area contributed by atoms with Crippen LogP contribution in [-0.4, -0.2) is 38.9 Å². The Labute approximate surface area is 154 Å². The quantitative estimate of drug-likeness (QED) is 0.556. The summed E-state index contributed by atoms with van der Waals surface area (Å²) in [6.07, 6.45) is 0.779. The molecule has 0 aliphatic heterocycles. The maximum atomic E-state index is 5.41. The van der Waals surface area contributed by atoms with E-state index in [1.54, 1.807) is 21.3 Å². The average Bonchev–Trinajstić information content (AvgIpc) is 3.13. The zero-order chi connectivity index (χ0) is 18.9. The van der Waals surface area contributed by atoms with Crippen LogP contribution in [0.1, 0.15) is 36.8 Å².